The van der Waals surface area contributed by atoms with Crippen molar-refractivity contribution in [2.45, 2.75) is 51.6 Å². The zero-order valence-corrected chi connectivity index (χ0v) is 10.5. The van der Waals surface area contributed by atoms with E-state index in [0.717, 1.165) is 12.8 Å². The summed E-state index contributed by atoms with van der Waals surface area (Å²) in [6, 6.07) is 0. The van der Waals surface area contributed by atoms with Gasteiger partial charge in [-0.2, -0.15) is 0 Å². The van der Waals surface area contributed by atoms with Crippen molar-refractivity contribution in [3.05, 3.63) is 0 Å². The van der Waals surface area contributed by atoms with Gasteiger partial charge in [0.05, 0.1) is 0 Å². The Morgan fingerprint density at radius 1 is 1.22 bits per heavy atom. The molecule has 0 amide bonds. The summed E-state index contributed by atoms with van der Waals surface area (Å²) < 4.78 is 9.49. The molecule has 1 saturated heterocycles. The number of cyclic esters (lactones) is 2. The molecule has 1 saturated carbocycles. The van der Waals surface area contributed by atoms with Gasteiger partial charge in [-0.15, -0.1) is 0 Å². The first-order chi connectivity index (χ1) is 8.58. The highest BCUT2D eigenvalue weighted by molar-refractivity contribution is 5.98. The predicted molar refractivity (Wildman–Crippen MR) is 61.3 cm³/mol. The van der Waals surface area contributed by atoms with Crippen molar-refractivity contribution in [3.8, 4) is 0 Å². The summed E-state index contributed by atoms with van der Waals surface area (Å²) in [5.74, 6) is -2.00. The molecule has 2 atom stereocenters. The van der Waals surface area contributed by atoms with E-state index in [-0.39, 0.29) is 0 Å². The van der Waals surface area contributed by atoms with Gasteiger partial charge in [0, 0.05) is 6.92 Å². The van der Waals surface area contributed by atoms with Crippen molar-refractivity contribution in [2.75, 3.05) is 0 Å². The molecule has 5 nitrogen and oxygen atoms in total. The molecule has 100 valence electrons. The van der Waals surface area contributed by atoms with Gasteiger partial charge in [-0.05, 0) is 12.3 Å². The van der Waals surface area contributed by atoms with Crippen LogP contribution in [0.3, 0.4) is 0 Å². The molecule has 1 heterocycles. The monoisotopic (exact) mass is 254 g/mol. The van der Waals surface area contributed by atoms with Crippen molar-refractivity contribution in [1.82, 2.24) is 0 Å². The first-order valence-corrected chi connectivity index (χ1v) is 6.50. The fourth-order valence-electron chi connectivity index (χ4n) is 2.83. The molecule has 0 bridgehead atoms. The Kier molecular flexibility index (Phi) is 3.99. The average Bonchev–Trinajstić information content (AvgIpc) is 2.57. The third kappa shape index (κ3) is 2.89. The summed E-state index contributed by atoms with van der Waals surface area (Å²) in [4.78, 5) is 34.0. The zero-order valence-electron chi connectivity index (χ0n) is 10.5. The largest absolute Gasteiger partial charge is 0.450 e. The number of carbonyl (C=O) groups is 3. The second kappa shape index (κ2) is 5.50. The lowest BCUT2D eigenvalue weighted by atomic mass is 9.81. The summed E-state index contributed by atoms with van der Waals surface area (Å²) in [5.41, 5.74) is 0. The Morgan fingerprint density at radius 3 is 2.50 bits per heavy atom. The molecule has 0 spiro atoms. The van der Waals surface area contributed by atoms with Crippen LogP contribution < -0.4 is 0 Å². The number of rotatable bonds is 3. The lowest BCUT2D eigenvalue weighted by molar-refractivity contribution is -0.161. The highest BCUT2D eigenvalue weighted by Crippen LogP contribution is 2.33. The van der Waals surface area contributed by atoms with Crippen LogP contribution in [0.1, 0.15) is 45.4 Å². The number of hydrogen-bond donors (Lipinski definition) is 0. The lowest BCUT2D eigenvalue weighted by Crippen LogP contribution is -2.31. The molecule has 0 unspecified atom stereocenters. The van der Waals surface area contributed by atoms with E-state index in [1.54, 1.807) is 0 Å². The highest BCUT2D eigenvalue weighted by Gasteiger charge is 2.47. The molecule has 5 heteroatoms. The quantitative estimate of drug-likeness (QED) is 0.565. The van der Waals surface area contributed by atoms with Gasteiger partial charge in [0.2, 0.25) is 6.10 Å². The van der Waals surface area contributed by atoms with Crippen molar-refractivity contribution < 1.29 is 23.9 Å². The van der Waals surface area contributed by atoms with Crippen LogP contribution in [0.4, 0.5) is 0 Å². The van der Waals surface area contributed by atoms with Crippen LogP contribution >= 0.6 is 0 Å². The van der Waals surface area contributed by atoms with Gasteiger partial charge in [-0.3, -0.25) is 9.59 Å². The molecule has 0 aromatic heterocycles. The molecule has 0 radical (unpaired) electrons. The van der Waals surface area contributed by atoms with Crippen LogP contribution in [0.15, 0.2) is 0 Å². The minimum Gasteiger partial charge on any atom is -0.450 e. The van der Waals surface area contributed by atoms with Gasteiger partial charge in [0.15, 0.2) is 0 Å². The summed E-state index contributed by atoms with van der Waals surface area (Å²) in [6.45, 7) is 1.23. The highest BCUT2D eigenvalue weighted by atomic mass is 16.6. The number of hydrogen-bond acceptors (Lipinski definition) is 5. The minimum absolute atomic E-state index is 0.431. The fraction of sp³-hybridized carbons (Fsp3) is 0.769. The zero-order chi connectivity index (χ0) is 13.1. The van der Waals surface area contributed by atoms with E-state index in [9.17, 15) is 14.4 Å². The average molecular weight is 254 g/mol. The third-order valence-electron chi connectivity index (χ3n) is 3.71. The van der Waals surface area contributed by atoms with Crippen LogP contribution in [0.5, 0.6) is 0 Å². The minimum atomic E-state index is -1.03. The molecule has 0 aromatic carbocycles. The molecule has 1 aliphatic carbocycles. The Morgan fingerprint density at radius 2 is 1.89 bits per heavy atom. The van der Waals surface area contributed by atoms with Gasteiger partial charge in [-0.25, -0.2) is 4.79 Å². The van der Waals surface area contributed by atoms with Crippen molar-refractivity contribution in [2.24, 2.45) is 11.8 Å². The SMILES string of the molecule is CC(=O)O[C@H]1C(=O)OC(=O)[C@H]1CC1CCCCC1. The second-order valence-corrected chi connectivity index (χ2v) is 5.12. The van der Waals surface area contributed by atoms with E-state index in [1.807, 2.05) is 0 Å². The van der Waals surface area contributed by atoms with E-state index in [0.29, 0.717) is 12.3 Å². The van der Waals surface area contributed by atoms with E-state index in [1.165, 1.54) is 26.2 Å². The summed E-state index contributed by atoms with van der Waals surface area (Å²) in [7, 11) is 0. The van der Waals surface area contributed by atoms with Crippen LogP contribution in [0, 0.1) is 11.8 Å². The van der Waals surface area contributed by atoms with Gasteiger partial charge in [0.1, 0.15) is 5.92 Å². The molecular formula is C13H18O5. The number of carbonyl (C=O) groups excluding carboxylic acids is 3. The maximum absolute atomic E-state index is 11.6. The summed E-state index contributed by atoms with van der Waals surface area (Å²) in [6.07, 6.45) is 5.27. The number of esters is 3. The maximum Gasteiger partial charge on any atom is 0.356 e. The lowest BCUT2D eigenvalue weighted by Gasteiger charge is -2.24. The van der Waals surface area contributed by atoms with Crippen LogP contribution in [0.25, 0.3) is 0 Å². The first-order valence-electron chi connectivity index (χ1n) is 6.50. The molecule has 0 aromatic rings. The van der Waals surface area contributed by atoms with Gasteiger partial charge in [-0.1, -0.05) is 32.1 Å². The molecule has 2 aliphatic rings. The smallest absolute Gasteiger partial charge is 0.356 e. The van der Waals surface area contributed by atoms with Gasteiger partial charge < -0.3 is 9.47 Å². The summed E-state index contributed by atoms with van der Waals surface area (Å²) in [5, 5.41) is 0. The molecule has 2 rings (SSSR count). The molecule has 18 heavy (non-hydrogen) atoms. The molecular weight excluding hydrogens is 236 g/mol. The summed E-state index contributed by atoms with van der Waals surface area (Å²) >= 11 is 0. The van der Waals surface area contributed by atoms with Crippen molar-refractivity contribution >= 4 is 17.9 Å². The fourth-order valence-corrected chi connectivity index (χ4v) is 2.83. The van der Waals surface area contributed by atoms with Gasteiger partial charge >= 0.3 is 17.9 Å². The van der Waals surface area contributed by atoms with E-state index in [4.69, 9.17) is 4.74 Å². The first kappa shape index (κ1) is 13.1. The normalized spacial score (nSPS) is 29.2. The Labute approximate surface area is 106 Å². The van der Waals surface area contributed by atoms with Crippen molar-refractivity contribution in [3.63, 3.8) is 0 Å². The van der Waals surface area contributed by atoms with Crippen LogP contribution in [-0.2, 0) is 23.9 Å². The van der Waals surface area contributed by atoms with Crippen LogP contribution in [0.2, 0.25) is 0 Å². The Balaban J connectivity index is 2.00. The van der Waals surface area contributed by atoms with Gasteiger partial charge in [0.25, 0.3) is 0 Å². The second-order valence-electron chi connectivity index (χ2n) is 5.12. The number of ether oxygens (including phenoxy) is 2. The Bertz CT molecular complexity index is 356. The topological polar surface area (TPSA) is 69.7 Å². The Hall–Kier alpha value is -1.39. The maximum atomic E-state index is 11.6. The molecule has 2 fully saturated rings. The van der Waals surface area contributed by atoms with E-state index in [2.05, 4.69) is 4.74 Å². The molecule has 1 aliphatic heterocycles. The molecule has 0 N–H and O–H groups in total. The van der Waals surface area contributed by atoms with Crippen LogP contribution in [-0.4, -0.2) is 24.0 Å². The van der Waals surface area contributed by atoms with E-state index < -0.39 is 29.9 Å². The third-order valence-corrected chi connectivity index (χ3v) is 3.71. The predicted octanol–water partition coefficient (Wildman–Crippen LogP) is 1.59. The van der Waals surface area contributed by atoms with E-state index >= 15 is 0 Å². The standard InChI is InChI=1S/C13H18O5/c1-8(14)17-11-10(12(15)18-13(11)16)7-9-5-3-2-4-6-9/h9-11H,2-7H2,1H3/t10-,11+/m0/s1. The van der Waals surface area contributed by atoms with Crippen molar-refractivity contribution in [1.29, 1.82) is 0 Å².